The van der Waals surface area contributed by atoms with Crippen molar-refractivity contribution in [3.05, 3.63) is 41.3 Å². The first-order chi connectivity index (χ1) is 12.3. The number of carbonyl (C=O) groups excluding carboxylic acids is 1. The normalized spacial score (nSPS) is 15.7. The van der Waals surface area contributed by atoms with Crippen LogP contribution in [0.1, 0.15) is 24.0 Å². The first kappa shape index (κ1) is 20.4. The predicted molar refractivity (Wildman–Crippen MR) is 99.6 cm³/mol. The van der Waals surface area contributed by atoms with Crippen molar-refractivity contribution in [2.24, 2.45) is 5.84 Å². The van der Waals surface area contributed by atoms with Gasteiger partial charge in [0.1, 0.15) is 5.75 Å². The molecule has 4 N–H and O–H groups in total. The van der Waals surface area contributed by atoms with Crippen LogP contribution in [0, 0.1) is 6.92 Å². The molecular formula is C17H26N4O4S. The third-order valence-electron chi connectivity index (χ3n) is 4.26. The van der Waals surface area contributed by atoms with Crippen molar-refractivity contribution in [2.45, 2.75) is 32.4 Å². The number of ether oxygens (including phenoxy) is 1. The molecule has 1 fully saturated rings. The molecule has 1 aliphatic rings. The first-order valence-corrected chi connectivity index (χ1v) is 9.97. The summed E-state index contributed by atoms with van der Waals surface area (Å²) < 4.78 is 31.2. The Bertz CT molecular complexity index is 743. The zero-order chi connectivity index (χ0) is 19.2. The first-order valence-electron chi connectivity index (χ1n) is 8.43. The topological polar surface area (TPSA) is 114 Å². The van der Waals surface area contributed by atoms with Crippen LogP contribution in [0.2, 0.25) is 0 Å². The molecule has 1 aromatic rings. The molecule has 0 atom stereocenters. The number of benzene rings is 1. The lowest BCUT2D eigenvalue weighted by atomic mass is 10.1. The molecule has 0 aliphatic carbocycles. The Balaban J connectivity index is 1.85. The third kappa shape index (κ3) is 5.80. The number of hydrogen-bond acceptors (Lipinski definition) is 6. The van der Waals surface area contributed by atoms with Crippen LogP contribution >= 0.6 is 0 Å². The number of amides is 1. The number of nitrogens with one attached hydrogen (secondary N) is 2. The Kier molecular flexibility index (Phi) is 7.15. The summed E-state index contributed by atoms with van der Waals surface area (Å²) in [7, 11) is -3.45. The largest absolute Gasteiger partial charge is 0.483 e. The van der Waals surface area contributed by atoms with Crippen molar-refractivity contribution in [1.82, 2.24) is 15.0 Å². The highest BCUT2D eigenvalue weighted by Gasteiger charge is 2.25. The number of nitrogens with zero attached hydrogens (tertiary/aromatic N) is 1. The smallest absolute Gasteiger partial charge is 0.260 e. The van der Waals surface area contributed by atoms with E-state index in [1.165, 1.54) is 0 Å². The van der Waals surface area contributed by atoms with E-state index in [1.807, 2.05) is 25.1 Å². The molecule has 0 bridgehead atoms. The van der Waals surface area contributed by atoms with Crippen molar-refractivity contribution < 1.29 is 17.9 Å². The predicted octanol–water partition coefficient (Wildman–Crippen LogP) is 0.391. The van der Waals surface area contributed by atoms with Crippen molar-refractivity contribution >= 4 is 15.9 Å². The van der Waals surface area contributed by atoms with Crippen LogP contribution in [0.5, 0.6) is 5.75 Å². The van der Waals surface area contributed by atoms with Crippen LogP contribution in [0.4, 0.5) is 0 Å². The van der Waals surface area contributed by atoms with Gasteiger partial charge in [-0.25, -0.2) is 13.1 Å². The summed E-state index contributed by atoms with van der Waals surface area (Å²) in [4.78, 5) is 14.0. The number of rotatable bonds is 8. The van der Waals surface area contributed by atoms with Crippen LogP contribution in [-0.4, -0.2) is 45.0 Å². The molecular weight excluding hydrogens is 356 g/mol. The van der Waals surface area contributed by atoms with Gasteiger partial charge in [0.2, 0.25) is 10.0 Å². The van der Waals surface area contributed by atoms with E-state index >= 15 is 0 Å². The molecule has 1 amide bonds. The summed E-state index contributed by atoms with van der Waals surface area (Å²) in [5.74, 6) is 5.88. The van der Waals surface area contributed by atoms with E-state index in [9.17, 15) is 13.2 Å². The van der Waals surface area contributed by atoms with Crippen LogP contribution in [0.25, 0.3) is 0 Å². The Morgan fingerprint density at radius 3 is 2.73 bits per heavy atom. The number of piperidine rings is 1. The highest BCUT2D eigenvalue weighted by molar-refractivity contribution is 7.92. The maximum atomic E-state index is 12.4. The van der Waals surface area contributed by atoms with E-state index in [0.717, 1.165) is 16.5 Å². The van der Waals surface area contributed by atoms with Crippen molar-refractivity contribution in [3.8, 4) is 5.75 Å². The molecule has 0 spiro atoms. The van der Waals surface area contributed by atoms with E-state index in [2.05, 4.69) is 16.7 Å². The fourth-order valence-electron chi connectivity index (χ4n) is 2.86. The fraction of sp³-hybridized carbons (Fsp3) is 0.471. The second-order valence-electron chi connectivity index (χ2n) is 6.27. The highest BCUT2D eigenvalue weighted by Crippen LogP contribution is 2.20. The van der Waals surface area contributed by atoms with E-state index in [0.29, 0.717) is 38.2 Å². The van der Waals surface area contributed by atoms with Gasteiger partial charge in [-0.15, -0.1) is 0 Å². The zero-order valence-corrected chi connectivity index (χ0v) is 15.7. The summed E-state index contributed by atoms with van der Waals surface area (Å²) in [6, 6.07) is 5.52. The van der Waals surface area contributed by atoms with Crippen molar-refractivity contribution in [3.63, 3.8) is 0 Å². The molecule has 1 aliphatic heterocycles. The molecule has 144 valence electrons. The van der Waals surface area contributed by atoms with Gasteiger partial charge < -0.3 is 9.64 Å². The number of aryl methyl sites for hydroxylation is 1. The zero-order valence-electron chi connectivity index (χ0n) is 14.9. The second kappa shape index (κ2) is 9.13. The lowest BCUT2D eigenvalue weighted by Crippen LogP contribution is -2.47. The summed E-state index contributed by atoms with van der Waals surface area (Å²) >= 11 is 0. The summed E-state index contributed by atoms with van der Waals surface area (Å²) in [5, 5.41) is 0.897. The molecule has 0 unspecified atom stereocenters. The van der Waals surface area contributed by atoms with Gasteiger partial charge in [0.25, 0.3) is 5.91 Å². The number of likely N-dealkylation sites (tertiary alicyclic amines) is 1. The number of sulfonamides is 1. The highest BCUT2D eigenvalue weighted by atomic mass is 32.2. The lowest BCUT2D eigenvalue weighted by molar-refractivity contribution is -0.134. The van der Waals surface area contributed by atoms with Crippen LogP contribution in [-0.2, 0) is 21.4 Å². The molecule has 0 radical (unpaired) electrons. The van der Waals surface area contributed by atoms with Crippen LogP contribution in [0.3, 0.4) is 0 Å². The second-order valence-corrected chi connectivity index (χ2v) is 7.92. The van der Waals surface area contributed by atoms with Gasteiger partial charge in [-0.2, -0.15) is 0 Å². The van der Waals surface area contributed by atoms with Gasteiger partial charge in [0, 0.05) is 36.6 Å². The maximum Gasteiger partial charge on any atom is 0.260 e. The van der Waals surface area contributed by atoms with Crippen LogP contribution in [0.15, 0.2) is 30.2 Å². The Morgan fingerprint density at radius 2 is 2.12 bits per heavy atom. The monoisotopic (exact) mass is 382 g/mol. The summed E-state index contributed by atoms with van der Waals surface area (Å²) in [6.07, 6.45) is 1.12. The van der Waals surface area contributed by atoms with Gasteiger partial charge in [-0.1, -0.05) is 24.3 Å². The number of nitrogens with two attached hydrogens (primary N) is 1. The standard InChI is InChI=1S/C17H26N4O4S/c1-3-26(23,24)20-15-6-8-21(9-7-15)17(22)12-25-16-5-4-13(2)10-14(16)11-19-18/h3-5,10,15,19-20H,1,6-9,11-12,18H2,2H3. The van der Waals surface area contributed by atoms with E-state index in [4.69, 9.17) is 10.6 Å². The van der Waals surface area contributed by atoms with Crippen molar-refractivity contribution in [2.75, 3.05) is 19.7 Å². The minimum absolute atomic E-state index is 0.0658. The molecule has 0 aromatic heterocycles. The minimum atomic E-state index is -3.45. The summed E-state index contributed by atoms with van der Waals surface area (Å²) in [5.41, 5.74) is 4.56. The molecule has 2 rings (SSSR count). The van der Waals surface area contributed by atoms with Gasteiger partial charge in [0.05, 0.1) is 0 Å². The average Bonchev–Trinajstić information content (AvgIpc) is 2.61. The molecule has 1 saturated heterocycles. The van der Waals surface area contributed by atoms with Crippen LogP contribution < -0.4 is 20.7 Å². The molecule has 8 nitrogen and oxygen atoms in total. The average molecular weight is 382 g/mol. The molecule has 9 heteroatoms. The number of hydrazine groups is 1. The number of hydrogen-bond donors (Lipinski definition) is 3. The van der Waals surface area contributed by atoms with E-state index in [1.54, 1.807) is 4.90 Å². The molecule has 0 saturated carbocycles. The lowest BCUT2D eigenvalue weighted by Gasteiger charge is -2.32. The fourth-order valence-corrected chi connectivity index (χ4v) is 3.65. The summed E-state index contributed by atoms with van der Waals surface area (Å²) in [6.45, 7) is 6.59. The molecule has 26 heavy (non-hydrogen) atoms. The Labute approximate surface area is 154 Å². The quantitative estimate of drug-likeness (QED) is 0.443. The van der Waals surface area contributed by atoms with Gasteiger partial charge in [0.15, 0.2) is 6.61 Å². The Morgan fingerprint density at radius 1 is 1.42 bits per heavy atom. The maximum absolute atomic E-state index is 12.4. The SMILES string of the molecule is C=CS(=O)(=O)NC1CCN(C(=O)COc2ccc(C)cc2CNN)CC1. The number of carbonyl (C=O) groups is 1. The van der Waals surface area contributed by atoms with E-state index in [-0.39, 0.29) is 18.6 Å². The molecule has 1 heterocycles. The van der Waals surface area contributed by atoms with E-state index < -0.39 is 10.0 Å². The van der Waals surface area contributed by atoms with Gasteiger partial charge in [-0.05, 0) is 25.8 Å². The molecule has 1 aromatic carbocycles. The third-order valence-corrected chi connectivity index (χ3v) is 5.36. The van der Waals surface area contributed by atoms with Gasteiger partial charge >= 0.3 is 0 Å². The van der Waals surface area contributed by atoms with Crippen molar-refractivity contribution in [1.29, 1.82) is 0 Å². The Hall–Kier alpha value is -1.94. The minimum Gasteiger partial charge on any atom is -0.483 e. The van der Waals surface area contributed by atoms with Gasteiger partial charge in [-0.3, -0.25) is 16.1 Å².